The summed E-state index contributed by atoms with van der Waals surface area (Å²) in [5.41, 5.74) is 0. The predicted octanol–water partition coefficient (Wildman–Crippen LogP) is 1.23. The molecule has 6 heteroatoms. The summed E-state index contributed by atoms with van der Waals surface area (Å²) in [7, 11) is 0. The van der Waals surface area contributed by atoms with E-state index in [2.05, 4.69) is 5.32 Å². The molecule has 0 atom stereocenters. The lowest BCUT2D eigenvalue weighted by Crippen LogP contribution is -2.28. The molecule has 6 nitrogen and oxygen atoms in total. The van der Waals surface area contributed by atoms with E-state index < -0.39 is 0 Å². The molecule has 0 saturated carbocycles. The molecular formula is C14H31NO5. The van der Waals surface area contributed by atoms with Crippen LogP contribution in [0.25, 0.3) is 0 Å². The van der Waals surface area contributed by atoms with Crippen molar-refractivity contribution in [2.45, 2.75) is 33.3 Å². The van der Waals surface area contributed by atoms with Crippen LogP contribution in [0.3, 0.4) is 0 Å². The van der Waals surface area contributed by atoms with Gasteiger partial charge in [0.1, 0.15) is 0 Å². The number of hydrogen-bond acceptors (Lipinski definition) is 5. The molecule has 122 valence electrons. The van der Waals surface area contributed by atoms with Crippen molar-refractivity contribution in [1.29, 1.82) is 0 Å². The Labute approximate surface area is 123 Å². The molecule has 0 rings (SSSR count). The average molecular weight is 293 g/mol. The van der Waals surface area contributed by atoms with E-state index >= 15 is 0 Å². The molecule has 0 aromatic rings. The van der Waals surface area contributed by atoms with Gasteiger partial charge in [-0.2, -0.15) is 0 Å². The number of carbonyl (C=O) groups excluding carboxylic acids is 1. The van der Waals surface area contributed by atoms with Gasteiger partial charge in [0.2, 0.25) is 5.91 Å². The van der Waals surface area contributed by atoms with Gasteiger partial charge in [0.15, 0.2) is 0 Å². The van der Waals surface area contributed by atoms with Gasteiger partial charge in [-0.15, -0.1) is 0 Å². The first-order valence-electron chi connectivity index (χ1n) is 7.28. The van der Waals surface area contributed by atoms with E-state index in [9.17, 15) is 4.79 Å². The number of amides is 1. The van der Waals surface area contributed by atoms with Crippen molar-refractivity contribution in [2.75, 3.05) is 52.8 Å². The zero-order valence-electron chi connectivity index (χ0n) is 13.0. The Hall–Kier alpha value is -0.690. The molecule has 1 amide bonds. The average Bonchev–Trinajstić information content (AvgIpc) is 2.41. The van der Waals surface area contributed by atoms with Crippen molar-refractivity contribution in [3.05, 3.63) is 0 Å². The van der Waals surface area contributed by atoms with Crippen LogP contribution in [-0.2, 0) is 23.7 Å². The summed E-state index contributed by atoms with van der Waals surface area (Å²) in [5.74, 6) is -0.0189. The van der Waals surface area contributed by atoms with Crippen LogP contribution in [0.1, 0.15) is 28.6 Å². The molecular weight excluding hydrogens is 262 g/mol. The molecule has 0 aliphatic heterocycles. The largest absolute Gasteiger partial charge is 0.379 e. The minimum atomic E-state index is -0.0189. The molecule has 0 aromatic carbocycles. The molecule has 0 aliphatic rings. The fourth-order valence-corrected chi connectivity index (χ4v) is 1.32. The fourth-order valence-electron chi connectivity index (χ4n) is 1.32. The molecule has 20 heavy (non-hydrogen) atoms. The predicted molar refractivity (Wildman–Crippen MR) is 79.0 cm³/mol. The normalized spacial score (nSPS) is 11.0. The lowest BCUT2D eigenvalue weighted by Gasteiger charge is -2.09. The van der Waals surface area contributed by atoms with Crippen LogP contribution in [0, 0.1) is 0 Å². The van der Waals surface area contributed by atoms with E-state index in [1.807, 2.05) is 20.8 Å². The van der Waals surface area contributed by atoms with Gasteiger partial charge in [0, 0.05) is 21.0 Å². The molecule has 0 bridgehead atoms. The Morgan fingerprint density at radius 3 is 2.20 bits per heavy atom. The second-order valence-electron chi connectivity index (χ2n) is 4.44. The third kappa shape index (κ3) is 15.4. The summed E-state index contributed by atoms with van der Waals surface area (Å²) in [6.45, 7) is 10.3. The molecule has 0 saturated heterocycles. The Bertz CT molecular complexity index is 229. The maximum Gasteiger partial charge on any atom is 0.222 e. The monoisotopic (exact) mass is 293 g/mol. The SMILES string of the molecule is CCOCCOCCOCCC(=O)NCCOC(C)C.[HH]. The Balaban J connectivity index is 0. The molecule has 0 aliphatic carbocycles. The third-order valence-corrected chi connectivity index (χ3v) is 2.30. The maximum atomic E-state index is 11.4. The first-order valence-corrected chi connectivity index (χ1v) is 7.28. The molecule has 0 fully saturated rings. The Morgan fingerprint density at radius 1 is 1.00 bits per heavy atom. The van der Waals surface area contributed by atoms with Crippen molar-refractivity contribution in [2.24, 2.45) is 0 Å². The quantitative estimate of drug-likeness (QED) is 0.488. The van der Waals surface area contributed by atoms with Crippen molar-refractivity contribution in [3.8, 4) is 0 Å². The summed E-state index contributed by atoms with van der Waals surface area (Å²) in [6, 6.07) is 0. The maximum absolute atomic E-state index is 11.4. The highest BCUT2D eigenvalue weighted by molar-refractivity contribution is 5.75. The van der Waals surface area contributed by atoms with Crippen molar-refractivity contribution in [3.63, 3.8) is 0 Å². The van der Waals surface area contributed by atoms with Crippen LogP contribution >= 0.6 is 0 Å². The van der Waals surface area contributed by atoms with E-state index in [1.165, 1.54) is 0 Å². The van der Waals surface area contributed by atoms with Crippen LogP contribution in [0.5, 0.6) is 0 Å². The number of carbonyl (C=O) groups is 1. The summed E-state index contributed by atoms with van der Waals surface area (Å²) in [6.07, 6.45) is 0.554. The molecule has 0 heterocycles. The summed E-state index contributed by atoms with van der Waals surface area (Å²) >= 11 is 0. The second kappa shape index (κ2) is 14.7. The van der Waals surface area contributed by atoms with Gasteiger partial charge in [-0.3, -0.25) is 4.79 Å². The van der Waals surface area contributed by atoms with Gasteiger partial charge >= 0.3 is 0 Å². The summed E-state index contributed by atoms with van der Waals surface area (Å²) in [5, 5.41) is 2.77. The minimum Gasteiger partial charge on any atom is -0.379 e. The van der Waals surface area contributed by atoms with Crippen LogP contribution in [0.15, 0.2) is 0 Å². The van der Waals surface area contributed by atoms with Crippen molar-refractivity contribution >= 4 is 5.91 Å². The number of ether oxygens (including phenoxy) is 4. The first-order chi connectivity index (χ1) is 9.66. The molecule has 0 aromatic heterocycles. The molecule has 0 radical (unpaired) electrons. The van der Waals surface area contributed by atoms with Crippen molar-refractivity contribution in [1.82, 2.24) is 5.32 Å². The lowest BCUT2D eigenvalue weighted by molar-refractivity contribution is -0.122. The number of rotatable bonds is 14. The fraction of sp³-hybridized carbons (Fsp3) is 0.929. The standard InChI is InChI=1S/C14H29NO5.H2/c1-4-17-9-10-19-12-11-18-7-5-14(16)15-6-8-20-13(2)3;/h13H,4-12H2,1-3H3,(H,15,16);1H. The van der Waals surface area contributed by atoms with Gasteiger partial charge in [0.25, 0.3) is 0 Å². The third-order valence-electron chi connectivity index (χ3n) is 2.30. The molecule has 0 spiro atoms. The van der Waals surface area contributed by atoms with Gasteiger partial charge < -0.3 is 24.3 Å². The van der Waals surface area contributed by atoms with E-state index in [1.54, 1.807) is 0 Å². The van der Waals surface area contributed by atoms with Gasteiger partial charge in [-0.25, -0.2) is 0 Å². The highest BCUT2D eigenvalue weighted by Gasteiger charge is 2.01. The summed E-state index contributed by atoms with van der Waals surface area (Å²) in [4.78, 5) is 11.4. The van der Waals surface area contributed by atoms with Crippen LogP contribution in [-0.4, -0.2) is 64.8 Å². The van der Waals surface area contributed by atoms with E-state index in [4.69, 9.17) is 18.9 Å². The molecule has 0 unspecified atom stereocenters. The highest BCUT2D eigenvalue weighted by Crippen LogP contribution is 1.87. The van der Waals surface area contributed by atoms with Crippen LogP contribution in [0.4, 0.5) is 0 Å². The van der Waals surface area contributed by atoms with E-state index in [0.29, 0.717) is 59.2 Å². The smallest absolute Gasteiger partial charge is 0.222 e. The molecule has 1 N–H and O–H groups in total. The zero-order chi connectivity index (χ0) is 15.1. The van der Waals surface area contributed by atoms with Gasteiger partial charge in [0.05, 0.1) is 45.7 Å². The van der Waals surface area contributed by atoms with E-state index in [0.717, 1.165) is 0 Å². The van der Waals surface area contributed by atoms with Crippen LogP contribution < -0.4 is 5.32 Å². The van der Waals surface area contributed by atoms with Crippen molar-refractivity contribution < 1.29 is 25.2 Å². The van der Waals surface area contributed by atoms with Gasteiger partial charge in [-0.05, 0) is 20.8 Å². The zero-order valence-corrected chi connectivity index (χ0v) is 13.0. The Morgan fingerprint density at radius 2 is 1.60 bits per heavy atom. The second-order valence-corrected chi connectivity index (χ2v) is 4.44. The first kappa shape index (κ1) is 19.3. The summed E-state index contributed by atoms with van der Waals surface area (Å²) < 4.78 is 21.0. The highest BCUT2D eigenvalue weighted by atomic mass is 16.5. The topological polar surface area (TPSA) is 66.0 Å². The number of hydrogen-bond donors (Lipinski definition) is 1. The Kier molecular flexibility index (Phi) is 14.2. The van der Waals surface area contributed by atoms with Crippen LogP contribution in [0.2, 0.25) is 0 Å². The number of nitrogens with one attached hydrogen (secondary N) is 1. The van der Waals surface area contributed by atoms with Gasteiger partial charge in [-0.1, -0.05) is 0 Å². The minimum absolute atomic E-state index is 0. The van der Waals surface area contributed by atoms with E-state index in [-0.39, 0.29) is 13.4 Å². The lowest BCUT2D eigenvalue weighted by atomic mass is 10.4.